The number of hydrogen-bond donors (Lipinski definition) is 2. The Morgan fingerprint density at radius 3 is 2.71 bits per heavy atom. The first kappa shape index (κ1) is 16.1. The van der Waals surface area contributed by atoms with E-state index in [-0.39, 0.29) is 16.5 Å². The number of hydrogen-bond acceptors (Lipinski definition) is 5. The number of aromatic nitrogens is 1. The molecule has 0 aromatic carbocycles. The van der Waals surface area contributed by atoms with Crippen LogP contribution >= 0.6 is 27.7 Å². The number of thioether (sulfide) groups is 1. The molecule has 1 saturated heterocycles. The van der Waals surface area contributed by atoms with E-state index < -0.39 is 0 Å². The first-order valence-electron chi connectivity index (χ1n) is 6.45. The summed E-state index contributed by atoms with van der Waals surface area (Å²) in [6.45, 7) is 1.14. The Morgan fingerprint density at radius 2 is 2.19 bits per heavy atom. The van der Waals surface area contributed by atoms with Gasteiger partial charge in [0.15, 0.2) is 5.84 Å². The number of amidine groups is 1. The number of nitrogens with zero attached hydrogens (tertiary/aromatic N) is 3. The molecular formula is C13H17BrN4O2S. The van der Waals surface area contributed by atoms with Crippen LogP contribution in [0.3, 0.4) is 0 Å². The van der Waals surface area contributed by atoms with Crippen LogP contribution in [0.15, 0.2) is 28.1 Å². The van der Waals surface area contributed by atoms with Gasteiger partial charge >= 0.3 is 0 Å². The summed E-state index contributed by atoms with van der Waals surface area (Å²) < 4.78 is 0.390. The molecule has 8 heteroatoms. The maximum absolute atomic E-state index is 12.4. The summed E-state index contributed by atoms with van der Waals surface area (Å²) in [6.07, 6.45) is 6.47. The number of piperidine rings is 1. The molecule has 114 valence electrons. The molecule has 1 fully saturated rings. The normalized spacial score (nSPS) is 18.6. The van der Waals surface area contributed by atoms with Crippen LogP contribution in [0.4, 0.5) is 0 Å². The summed E-state index contributed by atoms with van der Waals surface area (Å²) in [4.78, 5) is 18.2. The minimum absolute atomic E-state index is 0.0435. The Bertz CT molecular complexity index is 559. The van der Waals surface area contributed by atoms with Crippen molar-refractivity contribution in [3.05, 3.63) is 28.5 Å². The maximum Gasteiger partial charge on any atom is 0.255 e. The minimum Gasteiger partial charge on any atom is -0.409 e. The SMILES string of the molecule is CSC1(C(N)=NO)CCN(C(=O)c2cncc(Br)c2)CC1. The van der Waals surface area contributed by atoms with Gasteiger partial charge in [0.2, 0.25) is 0 Å². The van der Waals surface area contributed by atoms with Crippen LogP contribution in [0.25, 0.3) is 0 Å². The fourth-order valence-corrected chi connectivity index (χ4v) is 3.64. The van der Waals surface area contributed by atoms with Crippen LogP contribution < -0.4 is 5.73 Å². The highest BCUT2D eigenvalue weighted by molar-refractivity contribution is 9.10. The number of halogens is 1. The third-order valence-electron chi connectivity index (χ3n) is 3.78. The molecule has 6 nitrogen and oxygen atoms in total. The quantitative estimate of drug-likeness (QED) is 0.366. The molecule has 0 aliphatic carbocycles. The predicted molar refractivity (Wildman–Crippen MR) is 86.7 cm³/mol. The lowest BCUT2D eigenvalue weighted by Crippen LogP contribution is -2.51. The van der Waals surface area contributed by atoms with Crippen LogP contribution in [-0.4, -0.2) is 50.9 Å². The molecule has 21 heavy (non-hydrogen) atoms. The summed E-state index contributed by atoms with van der Waals surface area (Å²) >= 11 is 4.88. The number of rotatable bonds is 3. The summed E-state index contributed by atoms with van der Waals surface area (Å²) in [6, 6.07) is 1.76. The van der Waals surface area contributed by atoms with Crippen molar-refractivity contribution in [3.63, 3.8) is 0 Å². The van der Waals surface area contributed by atoms with Crippen LogP contribution in [0, 0.1) is 0 Å². The van der Waals surface area contributed by atoms with E-state index in [9.17, 15) is 4.79 Å². The lowest BCUT2D eigenvalue weighted by molar-refractivity contribution is 0.0717. The topological polar surface area (TPSA) is 91.8 Å². The van der Waals surface area contributed by atoms with Gasteiger partial charge in [0.25, 0.3) is 5.91 Å². The molecule has 2 rings (SSSR count). The summed E-state index contributed by atoms with van der Waals surface area (Å²) in [7, 11) is 0. The fourth-order valence-electron chi connectivity index (χ4n) is 2.44. The first-order valence-corrected chi connectivity index (χ1v) is 8.47. The second-order valence-corrected chi connectivity index (χ2v) is 6.97. The highest BCUT2D eigenvalue weighted by atomic mass is 79.9. The van der Waals surface area contributed by atoms with Gasteiger partial charge in [-0.1, -0.05) is 5.16 Å². The highest BCUT2D eigenvalue weighted by Crippen LogP contribution is 2.35. The second kappa shape index (κ2) is 6.65. The Kier molecular flexibility index (Phi) is 5.10. The zero-order chi connectivity index (χ0) is 15.5. The van der Waals surface area contributed by atoms with Gasteiger partial charge in [-0.25, -0.2) is 0 Å². The fraction of sp³-hybridized carbons (Fsp3) is 0.462. The number of likely N-dealkylation sites (tertiary alicyclic amines) is 1. The minimum atomic E-state index is -0.388. The Morgan fingerprint density at radius 1 is 1.52 bits per heavy atom. The van der Waals surface area contributed by atoms with E-state index in [1.807, 2.05) is 6.26 Å². The molecular weight excluding hydrogens is 356 g/mol. The van der Waals surface area contributed by atoms with E-state index in [2.05, 4.69) is 26.1 Å². The smallest absolute Gasteiger partial charge is 0.255 e. The van der Waals surface area contributed by atoms with Gasteiger partial charge in [-0.05, 0) is 41.1 Å². The standard InChI is InChI=1S/C13H17BrN4O2S/c1-21-13(12(15)17-20)2-4-18(5-3-13)11(19)9-6-10(14)8-16-7-9/h6-8,20H,2-5H2,1H3,(H2,15,17). The van der Waals surface area contributed by atoms with Gasteiger partial charge < -0.3 is 15.8 Å². The van der Waals surface area contributed by atoms with Gasteiger partial charge in [-0.3, -0.25) is 9.78 Å². The van der Waals surface area contributed by atoms with Crippen molar-refractivity contribution >= 4 is 39.4 Å². The average Bonchev–Trinajstić information content (AvgIpc) is 2.53. The van der Waals surface area contributed by atoms with E-state index in [1.54, 1.807) is 35.1 Å². The lowest BCUT2D eigenvalue weighted by atomic mass is 9.94. The number of oxime groups is 1. The number of carbonyl (C=O) groups is 1. The molecule has 1 aliphatic rings. The van der Waals surface area contributed by atoms with Gasteiger partial charge in [0.05, 0.1) is 10.3 Å². The number of amides is 1. The van der Waals surface area contributed by atoms with E-state index in [0.717, 1.165) is 4.47 Å². The van der Waals surface area contributed by atoms with Crippen molar-refractivity contribution in [2.75, 3.05) is 19.3 Å². The van der Waals surface area contributed by atoms with Crippen LogP contribution in [-0.2, 0) is 0 Å². The van der Waals surface area contributed by atoms with Crippen molar-refractivity contribution in [1.82, 2.24) is 9.88 Å². The zero-order valence-electron chi connectivity index (χ0n) is 11.6. The Balaban J connectivity index is 2.09. The molecule has 1 aromatic heterocycles. The first-order chi connectivity index (χ1) is 10.0. The predicted octanol–water partition coefficient (Wildman–Crippen LogP) is 1.93. The Hall–Kier alpha value is -1.28. The number of nitrogens with two attached hydrogens (primary N) is 1. The van der Waals surface area contributed by atoms with Gasteiger partial charge in [0, 0.05) is 30.0 Å². The largest absolute Gasteiger partial charge is 0.409 e. The summed E-state index contributed by atoms with van der Waals surface area (Å²) in [5.74, 6) is 0.184. The third kappa shape index (κ3) is 3.32. The summed E-state index contributed by atoms with van der Waals surface area (Å²) in [5, 5.41) is 12.1. The van der Waals surface area contributed by atoms with Crippen molar-refractivity contribution in [3.8, 4) is 0 Å². The van der Waals surface area contributed by atoms with Gasteiger partial charge in [-0.15, -0.1) is 0 Å². The molecule has 0 unspecified atom stereocenters. The van der Waals surface area contributed by atoms with Crippen molar-refractivity contribution in [1.29, 1.82) is 0 Å². The molecule has 1 aromatic rings. The molecule has 0 bridgehead atoms. The van der Waals surface area contributed by atoms with Gasteiger partial charge in [-0.2, -0.15) is 11.8 Å². The van der Waals surface area contributed by atoms with Gasteiger partial charge in [0.1, 0.15) is 0 Å². The monoisotopic (exact) mass is 372 g/mol. The van der Waals surface area contributed by atoms with Crippen molar-refractivity contribution in [2.45, 2.75) is 17.6 Å². The van der Waals surface area contributed by atoms with Crippen LogP contribution in [0.5, 0.6) is 0 Å². The molecule has 1 amide bonds. The second-order valence-electron chi connectivity index (χ2n) is 4.87. The maximum atomic E-state index is 12.4. The van der Waals surface area contributed by atoms with Crippen LogP contribution in [0.1, 0.15) is 23.2 Å². The van der Waals surface area contributed by atoms with Crippen LogP contribution in [0.2, 0.25) is 0 Å². The Labute approximate surface area is 135 Å². The van der Waals surface area contributed by atoms with E-state index in [1.165, 1.54) is 0 Å². The van der Waals surface area contributed by atoms with E-state index >= 15 is 0 Å². The number of carbonyl (C=O) groups excluding carboxylic acids is 1. The lowest BCUT2D eigenvalue weighted by Gasteiger charge is -2.39. The summed E-state index contributed by atoms with van der Waals surface area (Å²) in [5.41, 5.74) is 6.37. The van der Waals surface area contributed by atoms with Crippen molar-refractivity contribution in [2.24, 2.45) is 10.9 Å². The van der Waals surface area contributed by atoms with E-state index in [4.69, 9.17) is 10.9 Å². The molecule has 3 N–H and O–H groups in total. The highest BCUT2D eigenvalue weighted by Gasteiger charge is 2.39. The zero-order valence-corrected chi connectivity index (χ0v) is 14.0. The molecule has 0 radical (unpaired) electrons. The third-order valence-corrected chi connectivity index (χ3v) is 5.61. The molecule has 1 aliphatic heterocycles. The van der Waals surface area contributed by atoms with E-state index in [0.29, 0.717) is 31.5 Å². The number of pyridine rings is 1. The molecule has 0 saturated carbocycles. The molecule has 2 heterocycles. The molecule has 0 atom stereocenters. The molecule has 0 spiro atoms. The average molecular weight is 373 g/mol. The van der Waals surface area contributed by atoms with Crippen molar-refractivity contribution < 1.29 is 10.0 Å².